The van der Waals surface area contributed by atoms with Crippen molar-refractivity contribution in [3.05, 3.63) is 12.3 Å². The van der Waals surface area contributed by atoms with Gasteiger partial charge in [-0.3, -0.25) is 9.59 Å². The maximum Gasteiger partial charge on any atom is 0.222 e. The number of nitrogens with one attached hydrogen (secondary N) is 3. The van der Waals surface area contributed by atoms with Crippen molar-refractivity contribution in [1.82, 2.24) is 16.0 Å². The highest BCUT2D eigenvalue weighted by Gasteiger charge is 2.26. The Morgan fingerprint density at radius 3 is 1.42 bits per heavy atom. The van der Waals surface area contributed by atoms with E-state index in [2.05, 4.69) is 50.2 Å². The Balaban J connectivity index is 3.01. The van der Waals surface area contributed by atoms with Crippen LogP contribution in [0.1, 0.15) is 60.8 Å². The van der Waals surface area contributed by atoms with Crippen molar-refractivity contribution in [1.29, 1.82) is 0 Å². The van der Waals surface area contributed by atoms with Crippen LogP contribution < -0.4 is 16.0 Å². The van der Waals surface area contributed by atoms with Gasteiger partial charge in [-0.25, -0.2) is 0 Å². The summed E-state index contributed by atoms with van der Waals surface area (Å²) < 4.78 is 0. The van der Waals surface area contributed by atoms with Gasteiger partial charge >= 0.3 is 0 Å². The van der Waals surface area contributed by atoms with Crippen LogP contribution in [0.3, 0.4) is 0 Å². The Bertz CT molecular complexity index is 367. The maximum absolute atomic E-state index is 12.4. The van der Waals surface area contributed by atoms with Gasteiger partial charge in [0.05, 0.1) is 0 Å². The topological polar surface area (TPSA) is 70.2 Å². The number of amides is 2. The molecule has 2 amide bonds. The SMILES string of the molecule is C=C1CC(C(C)C)NC(=O)CC(C(C)C)NC(=O)CC(C(C)C)N1. The molecular weight excluding hydrogens is 302 g/mol. The lowest BCUT2D eigenvalue weighted by atomic mass is 9.94. The number of hydrogen-bond acceptors (Lipinski definition) is 3. The molecule has 0 saturated carbocycles. The van der Waals surface area contributed by atoms with Gasteiger partial charge in [0.15, 0.2) is 0 Å². The highest BCUT2D eigenvalue weighted by Crippen LogP contribution is 2.16. The van der Waals surface area contributed by atoms with E-state index >= 15 is 0 Å². The van der Waals surface area contributed by atoms with Crippen molar-refractivity contribution in [3.8, 4) is 0 Å². The van der Waals surface area contributed by atoms with Gasteiger partial charge in [-0.2, -0.15) is 0 Å². The van der Waals surface area contributed by atoms with Crippen molar-refractivity contribution in [2.75, 3.05) is 0 Å². The quantitative estimate of drug-likeness (QED) is 0.741. The minimum absolute atomic E-state index is 0.0125. The average Bonchev–Trinajstić information content (AvgIpc) is 2.43. The first-order chi connectivity index (χ1) is 11.1. The summed E-state index contributed by atoms with van der Waals surface area (Å²) in [5.41, 5.74) is 0.876. The van der Waals surface area contributed by atoms with Gasteiger partial charge in [0, 0.05) is 43.1 Å². The van der Waals surface area contributed by atoms with Crippen LogP contribution in [0.25, 0.3) is 0 Å². The maximum atomic E-state index is 12.4. The van der Waals surface area contributed by atoms with E-state index in [0.717, 1.165) is 5.70 Å². The fraction of sp³-hybridized carbons (Fsp3) is 0.789. The summed E-state index contributed by atoms with van der Waals surface area (Å²) in [4.78, 5) is 24.8. The van der Waals surface area contributed by atoms with Gasteiger partial charge < -0.3 is 16.0 Å². The molecule has 3 N–H and O–H groups in total. The highest BCUT2D eigenvalue weighted by atomic mass is 16.2. The standard InChI is InChI=1S/C19H35N3O2/c1-11(2)15-8-14(7)20-16(12(3)4)9-18(23)22-17(13(5)6)10-19(24)21-15/h11-13,15-17,20H,7-10H2,1-6H3,(H,21,24)(H,22,23). The Morgan fingerprint density at radius 2 is 1.04 bits per heavy atom. The van der Waals surface area contributed by atoms with Crippen LogP contribution in [0.2, 0.25) is 0 Å². The summed E-state index contributed by atoms with van der Waals surface area (Å²) in [5, 5.41) is 9.56. The molecule has 0 radical (unpaired) electrons. The molecule has 0 aromatic rings. The van der Waals surface area contributed by atoms with Crippen LogP contribution in [-0.2, 0) is 9.59 Å². The summed E-state index contributed by atoms with van der Waals surface area (Å²) in [6.07, 6.45) is 1.40. The van der Waals surface area contributed by atoms with Crippen LogP contribution in [0.15, 0.2) is 12.3 Å². The van der Waals surface area contributed by atoms with Crippen LogP contribution in [-0.4, -0.2) is 29.9 Å². The molecule has 1 fully saturated rings. The van der Waals surface area contributed by atoms with Gasteiger partial charge in [0.25, 0.3) is 0 Å². The third-order valence-corrected chi connectivity index (χ3v) is 4.77. The first-order valence-corrected chi connectivity index (χ1v) is 9.13. The summed E-state index contributed by atoms with van der Waals surface area (Å²) >= 11 is 0. The summed E-state index contributed by atoms with van der Waals surface area (Å²) in [7, 11) is 0. The summed E-state index contributed by atoms with van der Waals surface area (Å²) in [5.74, 6) is 0.823. The number of carbonyl (C=O) groups excluding carboxylic acids is 2. The lowest BCUT2D eigenvalue weighted by molar-refractivity contribution is -0.125. The van der Waals surface area contributed by atoms with E-state index < -0.39 is 0 Å². The van der Waals surface area contributed by atoms with E-state index in [1.54, 1.807) is 0 Å². The molecule has 1 aliphatic heterocycles. The van der Waals surface area contributed by atoms with Gasteiger partial charge in [-0.15, -0.1) is 0 Å². The van der Waals surface area contributed by atoms with Crippen LogP contribution in [0.4, 0.5) is 0 Å². The van der Waals surface area contributed by atoms with E-state index in [9.17, 15) is 9.59 Å². The average molecular weight is 338 g/mol. The fourth-order valence-corrected chi connectivity index (χ4v) is 2.88. The molecule has 0 aromatic heterocycles. The van der Waals surface area contributed by atoms with Gasteiger partial charge in [-0.1, -0.05) is 48.1 Å². The largest absolute Gasteiger partial charge is 0.385 e. The zero-order valence-corrected chi connectivity index (χ0v) is 16.1. The Hall–Kier alpha value is -1.52. The number of hydrogen-bond donors (Lipinski definition) is 3. The monoisotopic (exact) mass is 337 g/mol. The zero-order chi connectivity index (χ0) is 18.4. The first-order valence-electron chi connectivity index (χ1n) is 9.13. The number of rotatable bonds is 3. The molecule has 0 bridgehead atoms. The van der Waals surface area contributed by atoms with E-state index in [-0.39, 0.29) is 35.9 Å². The van der Waals surface area contributed by atoms with Crippen molar-refractivity contribution in [2.24, 2.45) is 17.8 Å². The molecule has 3 unspecified atom stereocenters. The molecule has 5 nitrogen and oxygen atoms in total. The molecule has 3 atom stereocenters. The Labute approximate surface area is 147 Å². The van der Waals surface area contributed by atoms with Gasteiger partial charge in [0.2, 0.25) is 11.8 Å². The lowest BCUT2D eigenvalue weighted by Gasteiger charge is -2.31. The Kier molecular flexibility index (Phi) is 7.77. The number of carbonyl (C=O) groups is 2. The van der Waals surface area contributed by atoms with Crippen molar-refractivity contribution in [2.45, 2.75) is 78.9 Å². The lowest BCUT2D eigenvalue weighted by Crippen LogP contribution is -2.49. The molecule has 5 heteroatoms. The fourth-order valence-electron chi connectivity index (χ4n) is 2.88. The molecule has 0 spiro atoms. The van der Waals surface area contributed by atoms with E-state index in [4.69, 9.17) is 0 Å². The minimum atomic E-state index is -0.138. The zero-order valence-electron chi connectivity index (χ0n) is 16.1. The molecule has 24 heavy (non-hydrogen) atoms. The molecular formula is C19H35N3O2. The molecule has 0 aromatic carbocycles. The minimum Gasteiger partial charge on any atom is -0.385 e. The third kappa shape index (κ3) is 6.54. The molecule has 1 rings (SSSR count). The Morgan fingerprint density at radius 1 is 0.708 bits per heavy atom. The van der Waals surface area contributed by atoms with Crippen molar-refractivity contribution >= 4 is 11.8 Å². The summed E-state index contributed by atoms with van der Waals surface area (Å²) in [6, 6.07) is -0.0396. The smallest absolute Gasteiger partial charge is 0.222 e. The van der Waals surface area contributed by atoms with Crippen LogP contribution in [0, 0.1) is 17.8 Å². The van der Waals surface area contributed by atoms with E-state index in [1.165, 1.54) is 0 Å². The second kappa shape index (κ2) is 9.09. The highest BCUT2D eigenvalue weighted by molar-refractivity contribution is 5.80. The van der Waals surface area contributed by atoms with E-state index in [0.29, 0.717) is 31.1 Å². The van der Waals surface area contributed by atoms with Crippen molar-refractivity contribution in [3.63, 3.8) is 0 Å². The van der Waals surface area contributed by atoms with Gasteiger partial charge in [0.1, 0.15) is 0 Å². The molecule has 138 valence electrons. The van der Waals surface area contributed by atoms with Crippen LogP contribution >= 0.6 is 0 Å². The third-order valence-electron chi connectivity index (χ3n) is 4.77. The van der Waals surface area contributed by atoms with E-state index in [1.807, 2.05) is 13.8 Å². The summed E-state index contributed by atoms with van der Waals surface area (Å²) in [6.45, 7) is 16.6. The van der Waals surface area contributed by atoms with Gasteiger partial charge in [-0.05, 0) is 17.8 Å². The van der Waals surface area contributed by atoms with Crippen LogP contribution in [0.5, 0.6) is 0 Å². The first kappa shape index (κ1) is 20.5. The van der Waals surface area contributed by atoms with Crippen molar-refractivity contribution < 1.29 is 9.59 Å². The second-order valence-electron chi connectivity index (χ2n) is 8.05. The predicted octanol–water partition coefficient (Wildman–Crippen LogP) is 2.58. The predicted molar refractivity (Wildman–Crippen MR) is 98.3 cm³/mol. The molecule has 1 aliphatic rings. The normalized spacial score (nSPS) is 27.4. The second-order valence-corrected chi connectivity index (χ2v) is 8.05. The molecule has 1 saturated heterocycles. The molecule has 0 aliphatic carbocycles. The molecule has 1 heterocycles.